The van der Waals surface area contributed by atoms with E-state index in [9.17, 15) is 19.5 Å². The van der Waals surface area contributed by atoms with Crippen molar-refractivity contribution in [2.24, 2.45) is 4.99 Å². The maximum absolute atomic E-state index is 14.1. The number of aliphatic imine (C=N–C) groups is 1. The van der Waals surface area contributed by atoms with Gasteiger partial charge in [-0.05, 0) is 28.6 Å². The third kappa shape index (κ3) is 6.39. The monoisotopic (exact) mass is 613 g/mol. The molecule has 3 atom stereocenters. The number of hydrogen-bond donors (Lipinski definition) is 4. The fourth-order valence-corrected chi connectivity index (χ4v) is 5.90. The van der Waals surface area contributed by atoms with Crippen molar-refractivity contribution in [3.05, 3.63) is 144 Å². The normalized spacial score (nSPS) is 16.7. The molecule has 0 unspecified atom stereocenters. The molecule has 230 valence electrons. The first-order valence-electron chi connectivity index (χ1n) is 14.9. The minimum absolute atomic E-state index is 0.172. The first kappa shape index (κ1) is 30.3. The number of carboxylic acid groups (broad SMARTS) is 1. The Morgan fingerprint density at radius 3 is 2.24 bits per heavy atom. The second kappa shape index (κ2) is 13.5. The summed E-state index contributed by atoms with van der Waals surface area (Å²) in [5.74, 6) is -2.23. The average Bonchev–Trinajstić information content (AvgIpc) is 3.79. The number of aromatic nitrogens is 2. The number of carbonyl (C=O) groups is 3. The Balaban J connectivity index is 1.38. The Bertz CT molecular complexity index is 1890. The molecule has 6 rings (SSSR count). The molecular formula is C36H33N6O4+. The number of nitrogens with zero attached hydrogens (tertiary/aromatic N) is 3. The van der Waals surface area contributed by atoms with E-state index in [-0.39, 0.29) is 22.9 Å². The van der Waals surface area contributed by atoms with Crippen LogP contribution in [-0.2, 0) is 29.0 Å². The van der Waals surface area contributed by atoms with Crippen molar-refractivity contribution in [1.29, 1.82) is 0 Å². The summed E-state index contributed by atoms with van der Waals surface area (Å²) in [6, 6.07) is 28.1. The topological polar surface area (TPSA) is 137 Å². The molecule has 0 spiro atoms. The zero-order chi connectivity index (χ0) is 31.9. The van der Waals surface area contributed by atoms with Crippen LogP contribution in [0.3, 0.4) is 0 Å². The highest BCUT2D eigenvalue weighted by Gasteiger charge is 2.47. The first-order valence-corrected chi connectivity index (χ1v) is 14.9. The predicted molar refractivity (Wildman–Crippen MR) is 177 cm³/mol. The second-order valence-electron chi connectivity index (χ2n) is 11.1. The van der Waals surface area contributed by atoms with Gasteiger partial charge in [0.15, 0.2) is 5.69 Å². The van der Waals surface area contributed by atoms with Crippen LogP contribution in [0, 0.1) is 0 Å². The zero-order valence-corrected chi connectivity index (χ0v) is 24.9. The van der Waals surface area contributed by atoms with Crippen molar-refractivity contribution >= 4 is 40.6 Å². The highest BCUT2D eigenvalue weighted by Crippen LogP contribution is 2.40. The second-order valence-corrected chi connectivity index (χ2v) is 11.1. The summed E-state index contributed by atoms with van der Waals surface area (Å²) < 4.78 is -0.342. The molecule has 1 aromatic heterocycles. The Labute approximate surface area is 265 Å². The van der Waals surface area contributed by atoms with Gasteiger partial charge >= 0.3 is 5.97 Å². The molecule has 1 aliphatic heterocycles. The van der Waals surface area contributed by atoms with Crippen LogP contribution in [0.5, 0.6) is 0 Å². The van der Waals surface area contributed by atoms with Crippen LogP contribution in [0.25, 0.3) is 10.8 Å². The molecule has 0 bridgehead atoms. The predicted octanol–water partition coefficient (Wildman–Crippen LogP) is 4.74. The molecule has 4 N–H and O–H groups in total. The van der Waals surface area contributed by atoms with Crippen LogP contribution < -0.4 is 15.1 Å². The third-order valence-corrected chi connectivity index (χ3v) is 8.18. The molecule has 1 aliphatic rings. The number of fused-ring (bicyclic) bond motifs is 1. The lowest BCUT2D eigenvalue weighted by Crippen LogP contribution is -2.56. The first-order chi connectivity index (χ1) is 22.4. The van der Waals surface area contributed by atoms with Crippen LogP contribution >= 0.6 is 0 Å². The third-order valence-electron chi connectivity index (χ3n) is 8.18. The number of carboxylic acids is 1. The van der Waals surface area contributed by atoms with Gasteiger partial charge in [0.1, 0.15) is 11.8 Å². The Kier molecular flexibility index (Phi) is 8.91. The number of nitrogens with one attached hydrogen (secondary N) is 3. The molecule has 0 saturated carbocycles. The maximum atomic E-state index is 14.1. The number of imidazole rings is 1. The van der Waals surface area contributed by atoms with Crippen LogP contribution in [0.4, 0.5) is 5.69 Å². The molecule has 10 nitrogen and oxygen atoms in total. The molecule has 5 aromatic rings. The fourth-order valence-electron chi connectivity index (χ4n) is 5.90. The van der Waals surface area contributed by atoms with E-state index in [0.717, 1.165) is 16.5 Å². The van der Waals surface area contributed by atoms with Crippen LogP contribution in [0.15, 0.2) is 127 Å². The van der Waals surface area contributed by atoms with E-state index in [4.69, 9.17) is 0 Å². The fraction of sp³-hybridized carbons (Fsp3) is 0.139. The number of imide groups is 1. The van der Waals surface area contributed by atoms with E-state index >= 15 is 0 Å². The van der Waals surface area contributed by atoms with E-state index in [1.54, 1.807) is 37.1 Å². The van der Waals surface area contributed by atoms with Crippen molar-refractivity contribution in [1.82, 2.24) is 25.1 Å². The molecule has 0 saturated heterocycles. The van der Waals surface area contributed by atoms with Crippen LogP contribution in [0.1, 0.15) is 27.2 Å². The lowest BCUT2D eigenvalue weighted by molar-refractivity contribution is -0.140. The number of hydrogen-bond acceptors (Lipinski definition) is 6. The number of quaternary nitrogens is 1. The van der Waals surface area contributed by atoms with Gasteiger partial charge in [-0.15, -0.1) is 0 Å². The lowest BCUT2D eigenvalue weighted by atomic mass is 9.96. The van der Waals surface area contributed by atoms with Gasteiger partial charge in [0.05, 0.1) is 24.3 Å². The smallest absolute Gasteiger partial charge is 0.364 e. The number of aromatic amines is 1. The number of H-pyrrole nitrogens is 1. The largest absolute Gasteiger partial charge is 0.477 e. The number of rotatable bonds is 12. The number of benzene rings is 4. The van der Waals surface area contributed by atoms with E-state index in [1.807, 2.05) is 84.9 Å². The van der Waals surface area contributed by atoms with Crippen LogP contribution in [-0.4, -0.2) is 51.3 Å². The van der Waals surface area contributed by atoms with Gasteiger partial charge in [-0.3, -0.25) is 14.9 Å². The quantitative estimate of drug-likeness (QED) is 0.150. The lowest BCUT2D eigenvalue weighted by Gasteiger charge is -2.35. The van der Waals surface area contributed by atoms with Gasteiger partial charge in [-0.2, -0.15) is 0 Å². The summed E-state index contributed by atoms with van der Waals surface area (Å²) in [5.41, 5.74) is 3.06. The summed E-state index contributed by atoms with van der Waals surface area (Å²) in [6.45, 7) is 0.403. The van der Waals surface area contributed by atoms with Crippen molar-refractivity contribution in [3.63, 3.8) is 0 Å². The number of aliphatic carboxylic acids is 1. The molecule has 0 radical (unpaired) electrons. The highest BCUT2D eigenvalue weighted by molar-refractivity contribution is 6.15. The van der Waals surface area contributed by atoms with Crippen LogP contribution in [0.2, 0.25) is 0 Å². The summed E-state index contributed by atoms with van der Waals surface area (Å²) in [6.07, 6.45) is 8.44. The van der Waals surface area contributed by atoms with E-state index < -0.39 is 29.9 Å². The summed E-state index contributed by atoms with van der Waals surface area (Å²) in [4.78, 5) is 52.4. The standard InChI is InChI=1S/C36H32N6O4/c43-34(41-35(44)31(20-28-22-38-23-40-28)39-21-26-11-5-2-6-12-26)30-16-15-27-13-7-8-14-29(27)33(30)42(18-17-37-24-42)32(36(45)46)19-25-9-3-1-4-10-25/h1-18,22-24,31-32,39H,19-21H2,(H2-,38,40,41,43,44,45,46)/p+1/t31-,32+,42-/m0/s1. The minimum atomic E-state index is -1.06. The molecule has 4 aromatic carbocycles. The Hall–Kier alpha value is -5.71. The Morgan fingerprint density at radius 2 is 1.57 bits per heavy atom. The van der Waals surface area contributed by atoms with Gasteiger partial charge in [0.2, 0.25) is 18.3 Å². The van der Waals surface area contributed by atoms with Crippen molar-refractivity contribution in [3.8, 4) is 0 Å². The molecular weight excluding hydrogens is 580 g/mol. The number of carbonyl (C=O) groups excluding carboxylic acids is 2. The molecule has 0 fully saturated rings. The molecule has 46 heavy (non-hydrogen) atoms. The summed E-state index contributed by atoms with van der Waals surface area (Å²) in [7, 11) is 0. The van der Waals surface area contributed by atoms with Gasteiger partial charge in [0, 0.05) is 31.0 Å². The molecule has 10 heteroatoms. The van der Waals surface area contributed by atoms with Crippen molar-refractivity contribution in [2.45, 2.75) is 31.5 Å². The molecule has 2 heterocycles. The molecule has 2 amide bonds. The minimum Gasteiger partial charge on any atom is -0.477 e. The Morgan fingerprint density at radius 1 is 0.848 bits per heavy atom. The van der Waals surface area contributed by atoms with Gasteiger partial charge in [-0.1, -0.05) is 84.9 Å². The van der Waals surface area contributed by atoms with Crippen molar-refractivity contribution < 1.29 is 19.5 Å². The van der Waals surface area contributed by atoms with E-state index in [2.05, 4.69) is 25.6 Å². The summed E-state index contributed by atoms with van der Waals surface area (Å²) in [5, 5.41) is 18.0. The summed E-state index contributed by atoms with van der Waals surface area (Å²) >= 11 is 0. The molecule has 0 aliphatic carbocycles. The number of amides is 2. The average molecular weight is 614 g/mol. The zero-order valence-electron chi connectivity index (χ0n) is 24.9. The van der Waals surface area contributed by atoms with E-state index in [1.165, 1.54) is 6.33 Å². The van der Waals surface area contributed by atoms with E-state index in [0.29, 0.717) is 23.3 Å². The van der Waals surface area contributed by atoms with Crippen molar-refractivity contribution in [2.75, 3.05) is 0 Å². The van der Waals surface area contributed by atoms with Gasteiger partial charge in [-0.25, -0.2) is 19.3 Å². The maximum Gasteiger partial charge on any atom is 0.364 e. The van der Waals surface area contributed by atoms with Gasteiger partial charge < -0.3 is 15.4 Å². The van der Waals surface area contributed by atoms with Gasteiger partial charge in [0.25, 0.3) is 5.91 Å². The SMILES string of the molecule is O=C(NC(=O)[C@H](Cc1c[nH]cn1)NCc1ccccc1)c1ccc2ccccc2c1[N@@+]1([C@H](Cc2ccccc2)C(=O)O)C=CN=C1. The highest BCUT2D eigenvalue weighted by atomic mass is 16.4.